The smallest absolute Gasteiger partial charge is 0.337 e. The molecule has 4 rings (SSSR count). The molecule has 3 N–H and O–H groups in total. The molecule has 1 heterocycles. The Morgan fingerprint density at radius 2 is 1.93 bits per heavy atom. The number of nitrogens with one attached hydrogen (secondary N) is 2. The average molecular weight is 577 g/mol. The van der Waals surface area contributed by atoms with Crippen molar-refractivity contribution in [3.8, 4) is 6.07 Å². The molecule has 2 amide bonds. The maximum Gasteiger partial charge on any atom is 0.337 e. The van der Waals surface area contributed by atoms with Crippen LogP contribution in [0, 0.1) is 17.2 Å². The molecule has 0 spiro atoms. The van der Waals surface area contributed by atoms with Gasteiger partial charge in [-0.1, -0.05) is 50.1 Å². The molecule has 11 heteroatoms. The van der Waals surface area contributed by atoms with Gasteiger partial charge in [0, 0.05) is 25.9 Å². The van der Waals surface area contributed by atoms with Gasteiger partial charge in [0.2, 0.25) is 11.8 Å². The van der Waals surface area contributed by atoms with Crippen molar-refractivity contribution in [3.63, 3.8) is 0 Å². The number of carbonyl (C=O) groups is 3. The molecule has 41 heavy (non-hydrogen) atoms. The predicted octanol–water partition coefficient (Wildman–Crippen LogP) is 4.11. The third-order valence-electron chi connectivity index (χ3n) is 7.20. The number of aromatic carboxylic acids is 1. The summed E-state index contributed by atoms with van der Waals surface area (Å²) in [7, 11) is -4.06. The largest absolute Gasteiger partial charge is 0.478 e. The molecule has 2 aliphatic rings. The standard InChI is InChI=1S/C30H32N4O6S/c1-2-3-4-9-28(35)32-19-23-12-11-22(29(36)33-25-13-10-20(18-31)16-24(25)30(37)38)17-27(23)41(39,40)34-15-14-21-7-5-6-8-26(21)34/h5-8,10-13,16,22H,2-4,9,14-15,17,19H2,1H3,(H,32,35)(H,33,36)(H,37,38). The number of amides is 2. The summed E-state index contributed by atoms with van der Waals surface area (Å²) in [6, 6.07) is 13.0. The van der Waals surface area contributed by atoms with Gasteiger partial charge < -0.3 is 15.7 Å². The van der Waals surface area contributed by atoms with Crippen molar-refractivity contribution >= 4 is 39.2 Å². The molecule has 214 valence electrons. The highest BCUT2D eigenvalue weighted by molar-refractivity contribution is 7.96. The fraction of sp³-hybridized carbons (Fsp3) is 0.333. The van der Waals surface area contributed by atoms with Crippen LogP contribution in [0.1, 0.15) is 60.5 Å². The van der Waals surface area contributed by atoms with Gasteiger partial charge in [-0.25, -0.2) is 13.2 Å². The average Bonchev–Trinajstić information content (AvgIpc) is 3.41. The van der Waals surface area contributed by atoms with E-state index in [1.165, 1.54) is 16.4 Å². The van der Waals surface area contributed by atoms with Crippen molar-refractivity contribution in [2.75, 3.05) is 22.7 Å². The number of carbonyl (C=O) groups excluding carboxylic acids is 2. The zero-order valence-corrected chi connectivity index (χ0v) is 23.5. The molecule has 1 aliphatic carbocycles. The summed E-state index contributed by atoms with van der Waals surface area (Å²) in [5, 5.41) is 24.1. The van der Waals surface area contributed by atoms with Crippen molar-refractivity contribution in [3.05, 3.63) is 81.8 Å². The van der Waals surface area contributed by atoms with Gasteiger partial charge in [0.05, 0.1) is 39.4 Å². The summed E-state index contributed by atoms with van der Waals surface area (Å²) in [4.78, 5) is 37.4. The Morgan fingerprint density at radius 3 is 2.66 bits per heavy atom. The van der Waals surface area contributed by atoms with E-state index in [0.29, 0.717) is 24.1 Å². The second-order valence-electron chi connectivity index (χ2n) is 9.97. The van der Waals surface area contributed by atoms with E-state index in [4.69, 9.17) is 5.26 Å². The van der Waals surface area contributed by atoms with Gasteiger partial charge in [0.15, 0.2) is 0 Å². The van der Waals surface area contributed by atoms with Crippen LogP contribution in [0.4, 0.5) is 11.4 Å². The fourth-order valence-corrected chi connectivity index (χ4v) is 6.86. The minimum atomic E-state index is -4.06. The number of rotatable bonds is 11. The van der Waals surface area contributed by atoms with E-state index in [1.54, 1.807) is 24.3 Å². The minimum absolute atomic E-state index is 0.00136. The van der Waals surface area contributed by atoms with Crippen LogP contribution in [-0.4, -0.2) is 44.4 Å². The zero-order valence-electron chi connectivity index (χ0n) is 22.7. The summed E-state index contributed by atoms with van der Waals surface area (Å²) in [5.41, 5.74) is 1.77. The van der Waals surface area contributed by atoms with Gasteiger partial charge >= 0.3 is 5.97 Å². The number of fused-ring (bicyclic) bond motifs is 1. The van der Waals surface area contributed by atoms with E-state index in [1.807, 2.05) is 25.1 Å². The van der Waals surface area contributed by atoms with E-state index in [9.17, 15) is 27.9 Å². The number of sulfonamides is 1. The lowest BCUT2D eigenvalue weighted by Gasteiger charge is -2.27. The van der Waals surface area contributed by atoms with E-state index < -0.39 is 27.8 Å². The van der Waals surface area contributed by atoms with Crippen LogP contribution >= 0.6 is 0 Å². The Kier molecular flexibility index (Phi) is 9.24. The predicted molar refractivity (Wildman–Crippen MR) is 155 cm³/mol. The third-order valence-corrected chi connectivity index (χ3v) is 9.21. The first-order valence-corrected chi connectivity index (χ1v) is 15.0. The van der Waals surface area contributed by atoms with Crippen LogP contribution in [0.3, 0.4) is 0 Å². The summed E-state index contributed by atoms with van der Waals surface area (Å²) >= 11 is 0. The molecule has 2 aromatic carbocycles. The number of anilines is 2. The number of carboxylic acid groups (broad SMARTS) is 1. The second kappa shape index (κ2) is 12.8. The third kappa shape index (κ3) is 6.66. The molecule has 0 saturated carbocycles. The zero-order chi connectivity index (χ0) is 29.6. The normalized spacial score (nSPS) is 16.2. The molecule has 0 aromatic heterocycles. The number of hydrogen-bond acceptors (Lipinski definition) is 6. The van der Waals surface area contributed by atoms with E-state index in [2.05, 4.69) is 10.6 Å². The van der Waals surface area contributed by atoms with Gasteiger partial charge in [-0.15, -0.1) is 0 Å². The Morgan fingerprint density at radius 1 is 1.15 bits per heavy atom. The maximum atomic E-state index is 14.0. The Balaban J connectivity index is 1.61. The highest BCUT2D eigenvalue weighted by atomic mass is 32.2. The number of carboxylic acids is 1. The van der Waals surface area contributed by atoms with Gasteiger partial charge in [0.1, 0.15) is 0 Å². The lowest BCUT2D eigenvalue weighted by Crippen LogP contribution is -2.35. The summed E-state index contributed by atoms with van der Waals surface area (Å²) in [6.45, 7) is 2.30. The van der Waals surface area contributed by atoms with Gasteiger partial charge in [0.25, 0.3) is 10.0 Å². The molecule has 1 atom stereocenters. The molecular formula is C30H32N4O6S. The quantitative estimate of drug-likeness (QED) is 0.340. The number of hydrogen-bond donors (Lipinski definition) is 3. The lowest BCUT2D eigenvalue weighted by molar-refractivity contribution is -0.121. The first kappa shape index (κ1) is 29.6. The number of nitrogens with zero attached hydrogens (tertiary/aromatic N) is 2. The minimum Gasteiger partial charge on any atom is -0.478 e. The molecule has 1 unspecified atom stereocenters. The van der Waals surface area contributed by atoms with Crippen LogP contribution in [0.5, 0.6) is 0 Å². The summed E-state index contributed by atoms with van der Waals surface area (Å²) in [6.07, 6.45) is 6.48. The molecule has 10 nitrogen and oxygen atoms in total. The molecule has 0 saturated heterocycles. The summed E-state index contributed by atoms with van der Waals surface area (Å²) < 4.78 is 29.4. The van der Waals surface area contributed by atoms with Gasteiger partial charge in [-0.2, -0.15) is 5.26 Å². The molecule has 0 radical (unpaired) electrons. The number of allylic oxidation sites excluding steroid dienone is 1. The van der Waals surface area contributed by atoms with E-state index in [-0.39, 0.29) is 47.1 Å². The molecule has 1 aliphatic heterocycles. The van der Waals surface area contributed by atoms with Crippen LogP contribution in [0.25, 0.3) is 0 Å². The second-order valence-corrected chi connectivity index (χ2v) is 11.9. The first-order chi connectivity index (χ1) is 19.6. The Hall–Kier alpha value is -4.43. The Labute approximate surface area is 239 Å². The van der Waals surface area contributed by atoms with Crippen molar-refractivity contribution in [2.45, 2.75) is 45.4 Å². The molecular weight excluding hydrogens is 544 g/mol. The van der Waals surface area contributed by atoms with E-state index >= 15 is 0 Å². The number of para-hydroxylation sites is 1. The first-order valence-electron chi connectivity index (χ1n) is 13.5. The van der Waals surface area contributed by atoms with Crippen molar-refractivity contribution in [1.82, 2.24) is 5.32 Å². The topological polar surface area (TPSA) is 157 Å². The fourth-order valence-electron chi connectivity index (χ4n) is 4.97. The van der Waals surface area contributed by atoms with Crippen LogP contribution in [0.2, 0.25) is 0 Å². The number of unbranched alkanes of at least 4 members (excludes halogenated alkanes) is 2. The van der Waals surface area contributed by atoms with Crippen LogP contribution in [0.15, 0.2) is 65.1 Å². The van der Waals surface area contributed by atoms with Gasteiger partial charge in [-0.3, -0.25) is 13.9 Å². The lowest BCUT2D eigenvalue weighted by atomic mass is 9.95. The maximum absolute atomic E-state index is 14.0. The van der Waals surface area contributed by atoms with E-state index in [0.717, 1.165) is 30.9 Å². The van der Waals surface area contributed by atoms with Crippen LogP contribution < -0.4 is 14.9 Å². The van der Waals surface area contributed by atoms with Crippen LogP contribution in [-0.2, 0) is 26.0 Å². The Bertz CT molecular complexity index is 1570. The monoisotopic (exact) mass is 576 g/mol. The van der Waals surface area contributed by atoms with Crippen molar-refractivity contribution in [1.29, 1.82) is 5.26 Å². The highest BCUT2D eigenvalue weighted by Crippen LogP contribution is 2.37. The van der Waals surface area contributed by atoms with Crippen molar-refractivity contribution < 1.29 is 27.9 Å². The molecule has 0 fully saturated rings. The highest BCUT2D eigenvalue weighted by Gasteiger charge is 2.37. The van der Waals surface area contributed by atoms with Crippen molar-refractivity contribution in [2.24, 2.45) is 5.92 Å². The number of nitriles is 1. The SMILES string of the molecule is CCCCCC(=O)NCC1=C(S(=O)(=O)N2CCc3ccccc32)CC(C(=O)Nc2ccc(C#N)cc2C(=O)O)C=C1. The summed E-state index contributed by atoms with van der Waals surface area (Å²) in [5.74, 6) is -3.00. The molecule has 0 bridgehead atoms. The number of benzene rings is 2. The molecule has 2 aromatic rings. The van der Waals surface area contributed by atoms with Gasteiger partial charge in [-0.05, 0) is 48.2 Å².